The molecule has 0 aromatic heterocycles. The largest absolute Gasteiger partial charge is 0.394 e. The van der Waals surface area contributed by atoms with Gasteiger partial charge in [-0.15, -0.1) is 0 Å². The fraction of sp³-hybridized carbons (Fsp3) is 1.00. The van der Waals surface area contributed by atoms with Gasteiger partial charge in [0.2, 0.25) is 0 Å². The molecule has 0 aliphatic carbocycles. The van der Waals surface area contributed by atoms with Crippen molar-refractivity contribution in [3.63, 3.8) is 0 Å². The van der Waals surface area contributed by atoms with Crippen molar-refractivity contribution in [2.24, 2.45) is 5.73 Å². The van der Waals surface area contributed by atoms with Crippen LogP contribution in [0.25, 0.3) is 0 Å². The van der Waals surface area contributed by atoms with Gasteiger partial charge in [-0.2, -0.15) is 0 Å². The van der Waals surface area contributed by atoms with Crippen LogP contribution in [-0.2, 0) is 0 Å². The van der Waals surface area contributed by atoms with Crippen molar-refractivity contribution >= 4 is 0 Å². The highest BCUT2D eigenvalue weighted by atomic mass is 16.3. The van der Waals surface area contributed by atoms with Crippen molar-refractivity contribution in [2.75, 3.05) is 6.61 Å². The molecular formula is C8H19NO. The van der Waals surface area contributed by atoms with Crippen molar-refractivity contribution < 1.29 is 5.11 Å². The molecule has 1 atom stereocenters. The molecule has 0 aromatic carbocycles. The summed E-state index contributed by atoms with van der Waals surface area (Å²) in [5.74, 6) is 0. The number of aliphatic hydroxyl groups excluding tert-OH is 1. The number of aliphatic hydroxyl groups is 1. The Balaban J connectivity index is 3.28. The predicted octanol–water partition coefficient (Wildman–Crippen LogP) is 1.28. The highest BCUT2D eigenvalue weighted by Gasteiger charge is 2.15. The highest BCUT2D eigenvalue weighted by molar-refractivity contribution is 4.76. The maximum absolute atomic E-state index is 8.77. The van der Waals surface area contributed by atoms with E-state index >= 15 is 0 Å². The molecule has 0 saturated carbocycles. The molecule has 0 saturated heterocycles. The van der Waals surface area contributed by atoms with E-state index in [9.17, 15) is 0 Å². The van der Waals surface area contributed by atoms with E-state index in [2.05, 4.69) is 6.92 Å². The van der Waals surface area contributed by atoms with Gasteiger partial charge >= 0.3 is 0 Å². The Bertz CT molecular complexity index is 81.3. The molecule has 0 aliphatic rings. The summed E-state index contributed by atoms with van der Waals surface area (Å²) in [5, 5.41) is 8.77. The lowest BCUT2D eigenvalue weighted by molar-refractivity contribution is 0.197. The topological polar surface area (TPSA) is 46.2 Å². The van der Waals surface area contributed by atoms with Crippen LogP contribution in [0.15, 0.2) is 0 Å². The lowest BCUT2D eigenvalue weighted by atomic mass is 9.97. The summed E-state index contributed by atoms with van der Waals surface area (Å²) in [7, 11) is 0. The second kappa shape index (κ2) is 4.69. The first-order valence-corrected chi connectivity index (χ1v) is 4.02. The zero-order valence-electron chi connectivity index (χ0n) is 7.06. The van der Waals surface area contributed by atoms with Gasteiger partial charge in [0.05, 0.1) is 6.61 Å². The van der Waals surface area contributed by atoms with Gasteiger partial charge in [0, 0.05) is 5.54 Å². The first kappa shape index (κ1) is 9.92. The fourth-order valence-electron chi connectivity index (χ4n) is 0.858. The summed E-state index contributed by atoms with van der Waals surface area (Å²) in [6.07, 6.45) is 4.48. The molecular weight excluding hydrogens is 126 g/mol. The molecule has 2 nitrogen and oxygen atoms in total. The van der Waals surface area contributed by atoms with Crippen LogP contribution in [0.2, 0.25) is 0 Å². The highest BCUT2D eigenvalue weighted by Crippen LogP contribution is 2.10. The van der Waals surface area contributed by atoms with E-state index in [-0.39, 0.29) is 12.1 Å². The third-order valence-corrected chi connectivity index (χ3v) is 1.71. The summed E-state index contributed by atoms with van der Waals surface area (Å²) < 4.78 is 0. The van der Waals surface area contributed by atoms with E-state index in [1.807, 2.05) is 6.92 Å². The van der Waals surface area contributed by atoms with Gasteiger partial charge in [-0.3, -0.25) is 0 Å². The molecule has 2 heteroatoms. The van der Waals surface area contributed by atoms with Crippen LogP contribution in [0.1, 0.15) is 39.5 Å². The SMILES string of the molecule is CCCCC[C@@](C)(N)CO. The zero-order chi connectivity index (χ0) is 8.04. The van der Waals surface area contributed by atoms with Gasteiger partial charge < -0.3 is 10.8 Å². The Morgan fingerprint density at radius 1 is 1.40 bits per heavy atom. The summed E-state index contributed by atoms with van der Waals surface area (Å²) in [6, 6.07) is 0. The Hall–Kier alpha value is -0.0800. The third-order valence-electron chi connectivity index (χ3n) is 1.71. The third kappa shape index (κ3) is 4.77. The molecule has 10 heavy (non-hydrogen) atoms. The van der Waals surface area contributed by atoms with Crippen molar-refractivity contribution in [3.8, 4) is 0 Å². The molecule has 0 heterocycles. The summed E-state index contributed by atoms with van der Waals surface area (Å²) in [6.45, 7) is 4.15. The Morgan fingerprint density at radius 3 is 2.40 bits per heavy atom. The molecule has 0 amide bonds. The van der Waals surface area contributed by atoms with Crippen LogP contribution in [0.4, 0.5) is 0 Å². The molecule has 62 valence electrons. The average Bonchev–Trinajstić information content (AvgIpc) is 1.89. The second-order valence-corrected chi connectivity index (χ2v) is 3.27. The normalized spacial score (nSPS) is 16.8. The lowest BCUT2D eigenvalue weighted by Gasteiger charge is -2.20. The van der Waals surface area contributed by atoms with Crippen LogP contribution in [0.3, 0.4) is 0 Å². The minimum absolute atomic E-state index is 0.0940. The maximum atomic E-state index is 8.77. The van der Waals surface area contributed by atoms with Gasteiger partial charge in [0.15, 0.2) is 0 Å². The maximum Gasteiger partial charge on any atom is 0.0608 e. The predicted molar refractivity (Wildman–Crippen MR) is 43.8 cm³/mol. The van der Waals surface area contributed by atoms with Crippen molar-refractivity contribution in [3.05, 3.63) is 0 Å². The van der Waals surface area contributed by atoms with E-state index in [0.717, 1.165) is 12.8 Å². The first-order chi connectivity index (χ1) is 4.62. The van der Waals surface area contributed by atoms with Crippen LogP contribution < -0.4 is 5.73 Å². The monoisotopic (exact) mass is 145 g/mol. The van der Waals surface area contributed by atoms with E-state index in [4.69, 9.17) is 10.8 Å². The number of hydrogen-bond acceptors (Lipinski definition) is 2. The Kier molecular flexibility index (Phi) is 4.65. The smallest absolute Gasteiger partial charge is 0.0608 e. The van der Waals surface area contributed by atoms with Gasteiger partial charge in [0.25, 0.3) is 0 Å². The standard InChI is InChI=1S/C8H19NO/c1-3-4-5-6-8(2,9)7-10/h10H,3-7,9H2,1-2H3/t8-/m1/s1. The average molecular weight is 145 g/mol. The minimum atomic E-state index is -0.352. The Labute approximate surface area is 63.4 Å². The summed E-state index contributed by atoms with van der Waals surface area (Å²) in [5.41, 5.74) is 5.35. The fourth-order valence-corrected chi connectivity index (χ4v) is 0.858. The van der Waals surface area contributed by atoms with Gasteiger partial charge in [-0.1, -0.05) is 26.2 Å². The van der Waals surface area contributed by atoms with Crippen LogP contribution in [0, 0.1) is 0 Å². The van der Waals surface area contributed by atoms with E-state index < -0.39 is 0 Å². The molecule has 0 spiro atoms. The minimum Gasteiger partial charge on any atom is -0.394 e. The van der Waals surface area contributed by atoms with Crippen LogP contribution in [0.5, 0.6) is 0 Å². The van der Waals surface area contributed by atoms with Crippen molar-refractivity contribution in [2.45, 2.75) is 45.1 Å². The van der Waals surface area contributed by atoms with Crippen LogP contribution in [-0.4, -0.2) is 17.3 Å². The molecule has 0 unspecified atom stereocenters. The molecule has 0 rings (SSSR count). The molecule has 0 bridgehead atoms. The Morgan fingerprint density at radius 2 is 2.00 bits per heavy atom. The quantitative estimate of drug-likeness (QED) is 0.572. The summed E-state index contributed by atoms with van der Waals surface area (Å²) >= 11 is 0. The molecule has 0 aliphatic heterocycles. The zero-order valence-corrected chi connectivity index (χ0v) is 7.06. The first-order valence-electron chi connectivity index (χ1n) is 4.02. The molecule has 0 fully saturated rings. The molecule has 0 aromatic rings. The van der Waals surface area contributed by atoms with Crippen molar-refractivity contribution in [1.29, 1.82) is 0 Å². The lowest BCUT2D eigenvalue weighted by Crippen LogP contribution is -2.39. The van der Waals surface area contributed by atoms with Crippen molar-refractivity contribution in [1.82, 2.24) is 0 Å². The van der Waals surface area contributed by atoms with E-state index in [1.165, 1.54) is 12.8 Å². The van der Waals surface area contributed by atoms with Gasteiger partial charge in [0.1, 0.15) is 0 Å². The number of rotatable bonds is 5. The van der Waals surface area contributed by atoms with Gasteiger partial charge in [-0.05, 0) is 13.3 Å². The van der Waals surface area contributed by atoms with E-state index in [0.29, 0.717) is 0 Å². The molecule has 0 radical (unpaired) electrons. The molecule has 3 N–H and O–H groups in total. The van der Waals surface area contributed by atoms with E-state index in [1.54, 1.807) is 0 Å². The number of hydrogen-bond donors (Lipinski definition) is 2. The summed E-state index contributed by atoms with van der Waals surface area (Å²) in [4.78, 5) is 0. The number of nitrogens with two attached hydrogens (primary N) is 1. The number of unbranched alkanes of at least 4 members (excludes halogenated alkanes) is 2. The second-order valence-electron chi connectivity index (χ2n) is 3.27. The van der Waals surface area contributed by atoms with Gasteiger partial charge in [-0.25, -0.2) is 0 Å². The van der Waals surface area contributed by atoms with Crippen LogP contribution >= 0.6 is 0 Å².